The third-order valence-corrected chi connectivity index (χ3v) is 14.7. The number of carbonyl (C=O) groups excluding carboxylic acids is 1. The van der Waals surface area contributed by atoms with E-state index < -0.39 is 53.5 Å². The molecule has 8 aromatic carbocycles. The van der Waals surface area contributed by atoms with Crippen LogP contribution in [-0.4, -0.2) is 57.4 Å². The second kappa shape index (κ2) is 15.5. The van der Waals surface area contributed by atoms with E-state index >= 15 is 0 Å². The van der Waals surface area contributed by atoms with Crippen LogP contribution < -0.4 is 9.47 Å². The van der Waals surface area contributed by atoms with Crippen molar-refractivity contribution in [3.05, 3.63) is 212 Å². The lowest BCUT2D eigenvalue weighted by atomic mass is 9.68. The summed E-state index contributed by atoms with van der Waals surface area (Å²) in [5, 5.41) is 113. The molecule has 12 rings (SSSR count). The number of benzene rings is 8. The fourth-order valence-corrected chi connectivity index (χ4v) is 12.2. The molecule has 8 aromatic rings. The predicted octanol–water partition coefficient (Wildman–Crippen LogP) is 10.2. The van der Waals surface area contributed by atoms with Crippen LogP contribution in [0.15, 0.2) is 140 Å². The predicted molar refractivity (Wildman–Crippen MR) is 253 cm³/mol. The van der Waals surface area contributed by atoms with Gasteiger partial charge in [-0.05, 0) is 117 Å². The first-order valence-electron chi connectivity index (χ1n) is 22.6. The van der Waals surface area contributed by atoms with Crippen LogP contribution in [0, 0.1) is 0 Å². The van der Waals surface area contributed by atoms with Crippen LogP contribution in [0.2, 0.25) is 0 Å². The average molecular weight is 935 g/mol. The van der Waals surface area contributed by atoms with Gasteiger partial charge >= 0.3 is 0 Å². The molecule has 4 aliphatic rings. The van der Waals surface area contributed by atoms with Gasteiger partial charge in [0, 0.05) is 64.1 Å². The van der Waals surface area contributed by atoms with Crippen molar-refractivity contribution in [3.63, 3.8) is 0 Å². The summed E-state index contributed by atoms with van der Waals surface area (Å²) in [5.74, 6) is -6.52. The van der Waals surface area contributed by atoms with Gasteiger partial charge in [0.25, 0.3) is 0 Å². The maximum atomic E-state index is 13.7. The largest absolute Gasteiger partial charge is 0.508 e. The first-order chi connectivity index (χ1) is 33.8. The van der Waals surface area contributed by atoms with E-state index in [1.807, 2.05) is 0 Å². The van der Waals surface area contributed by atoms with E-state index in [9.17, 15) is 55.9 Å². The highest BCUT2D eigenvalue weighted by Gasteiger charge is 2.58. The van der Waals surface area contributed by atoms with Gasteiger partial charge in [0.2, 0.25) is 0 Å². The van der Waals surface area contributed by atoms with Crippen LogP contribution in [0.4, 0.5) is 0 Å². The zero-order valence-corrected chi connectivity index (χ0v) is 36.7. The lowest BCUT2D eigenvalue weighted by Gasteiger charge is -2.35. The quantitative estimate of drug-likeness (QED) is 0.0671. The molecule has 8 atom stereocenters. The van der Waals surface area contributed by atoms with Crippen molar-refractivity contribution in [1.82, 2.24) is 0 Å². The highest BCUT2D eigenvalue weighted by atomic mass is 16.5. The van der Waals surface area contributed by atoms with Gasteiger partial charge in [0.1, 0.15) is 81.2 Å². The normalized spacial score (nSPS) is 22.3. The molecule has 0 aromatic heterocycles. The lowest BCUT2D eigenvalue weighted by Crippen LogP contribution is -2.21. The Balaban J connectivity index is 1.23. The summed E-state index contributed by atoms with van der Waals surface area (Å²) in [4.78, 5) is 13.7. The zero-order valence-electron chi connectivity index (χ0n) is 36.7. The molecular weight excluding hydrogens is 893 g/mol. The van der Waals surface area contributed by atoms with Crippen LogP contribution >= 0.6 is 0 Å². The third-order valence-electron chi connectivity index (χ3n) is 14.7. The van der Waals surface area contributed by atoms with Gasteiger partial charge in [-0.25, -0.2) is 0 Å². The molecule has 2 heterocycles. The molecule has 13 nitrogen and oxygen atoms in total. The second-order valence-corrected chi connectivity index (χ2v) is 18.6. The van der Waals surface area contributed by atoms with Gasteiger partial charge in [-0.2, -0.15) is 0 Å². The number of aldehydes is 1. The number of rotatable bonds is 7. The Bertz CT molecular complexity index is 3420. The standard InChI is InChI=1S/C57H42O13/c58-24-40-54(68)52-48(39-21-37(66)23-42-47(39)45(29-17-34(63)19-35(64)18-29)55(69-42)27-5-13-32(61)14-6-27)44(26-3-11-31(60)12-4-26)50-43(25-1-9-30(59)10-2-25)46-38(20-36(65)22-41(46)67)49-53(51(50)52)57(40)70-56(49)28-7-15-33(62)16-8-28/h1-24,43-45,48-50,55-56,59-68H/t43-,44-,45-,48-,49-,50+,55+,56+/m0/s1. The van der Waals surface area contributed by atoms with Crippen molar-refractivity contribution in [2.24, 2.45) is 0 Å². The molecule has 348 valence electrons. The molecule has 13 heteroatoms. The molecule has 0 spiro atoms. The molecule has 70 heavy (non-hydrogen) atoms. The summed E-state index contributed by atoms with van der Waals surface area (Å²) in [7, 11) is 0. The van der Waals surface area contributed by atoms with Crippen LogP contribution in [0.5, 0.6) is 69.0 Å². The van der Waals surface area contributed by atoms with Crippen molar-refractivity contribution >= 4 is 6.29 Å². The number of carbonyl (C=O) groups is 1. The lowest BCUT2D eigenvalue weighted by molar-refractivity contribution is 0.111. The van der Waals surface area contributed by atoms with Gasteiger partial charge in [-0.3, -0.25) is 4.79 Å². The van der Waals surface area contributed by atoms with Gasteiger partial charge < -0.3 is 60.5 Å². The van der Waals surface area contributed by atoms with Gasteiger partial charge in [0.15, 0.2) is 6.29 Å². The Morgan fingerprint density at radius 2 is 0.843 bits per heavy atom. The highest BCUT2D eigenvalue weighted by Crippen LogP contribution is 2.72. The summed E-state index contributed by atoms with van der Waals surface area (Å²) in [6.45, 7) is 0. The molecule has 0 unspecified atom stereocenters. The molecule has 0 saturated heterocycles. The van der Waals surface area contributed by atoms with Crippen LogP contribution in [0.3, 0.4) is 0 Å². The number of aromatic hydroxyl groups is 10. The summed E-state index contributed by atoms with van der Waals surface area (Å²) >= 11 is 0. The Morgan fingerprint density at radius 3 is 1.40 bits per heavy atom. The molecule has 0 saturated carbocycles. The number of fused-ring (bicyclic) bond motifs is 3. The van der Waals surface area contributed by atoms with Crippen molar-refractivity contribution in [3.8, 4) is 69.0 Å². The van der Waals surface area contributed by atoms with E-state index in [2.05, 4.69) is 0 Å². The Kier molecular flexibility index (Phi) is 9.41. The fraction of sp³-hybridized carbons (Fsp3) is 0.140. The second-order valence-electron chi connectivity index (χ2n) is 18.6. The number of ether oxygens (including phenoxy) is 2. The van der Waals surface area contributed by atoms with Crippen molar-refractivity contribution in [1.29, 1.82) is 0 Å². The van der Waals surface area contributed by atoms with E-state index in [1.165, 1.54) is 78.9 Å². The smallest absolute Gasteiger partial charge is 0.157 e. The van der Waals surface area contributed by atoms with Gasteiger partial charge in [-0.15, -0.1) is 0 Å². The zero-order chi connectivity index (χ0) is 48.4. The van der Waals surface area contributed by atoms with Crippen LogP contribution in [0.1, 0.15) is 125 Å². The molecule has 2 aliphatic carbocycles. The molecular formula is C57H42O13. The monoisotopic (exact) mass is 934 g/mol. The first kappa shape index (κ1) is 42.4. The molecule has 0 fully saturated rings. The van der Waals surface area contributed by atoms with Crippen LogP contribution in [0.25, 0.3) is 0 Å². The van der Waals surface area contributed by atoms with E-state index in [1.54, 1.807) is 60.7 Å². The molecule has 2 aliphatic heterocycles. The van der Waals surface area contributed by atoms with E-state index in [0.717, 1.165) is 0 Å². The Morgan fingerprint density at radius 1 is 0.357 bits per heavy atom. The van der Waals surface area contributed by atoms with E-state index in [0.29, 0.717) is 73.0 Å². The minimum absolute atomic E-state index is 0.00542. The summed E-state index contributed by atoms with van der Waals surface area (Å²) in [6.07, 6.45) is -1.29. The topological polar surface area (TPSA) is 238 Å². The Labute approximate surface area is 398 Å². The Hall–Kier alpha value is -8.97. The highest BCUT2D eigenvalue weighted by molar-refractivity contribution is 5.90. The average Bonchev–Trinajstić information content (AvgIpc) is 3.99. The molecule has 10 N–H and O–H groups in total. The third kappa shape index (κ3) is 6.34. The van der Waals surface area contributed by atoms with Crippen molar-refractivity contribution in [2.75, 3.05) is 0 Å². The van der Waals surface area contributed by atoms with E-state index in [4.69, 9.17) is 9.47 Å². The van der Waals surface area contributed by atoms with Gasteiger partial charge in [-0.1, -0.05) is 48.5 Å². The number of hydrogen-bond donors (Lipinski definition) is 10. The molecule has 0 bridgehead atoms. The fourth-order valence-electron chi connectivity index (χ4n) is 12.2. The summed E-state index contributed by atoms with van der Waals surface area (Å²) < 4.78 is 13.7. The summed E-state index contributed by atoms with van der Waals surface area (Å²) in [5.41, 5.74) is 5.84. The number of hydrogen-bond acceptors (Lipinski definition) is 13. The minimum atomic E-state index is -1.00. The number of phenols is 10. The maximum Gasteiger partial charge on any atom is 0.157 e. The minimum Gasteiger partial charge on any atom is -0.508 e. The van der Waals surface area contributed by atoms with Crippen molar-refractivity contribution < 1.29 is 65.3 Å². The van der Waals surface area contributed by atoms with Crippen LogP contribution in [-0.2, 0) is 0 Å². The van der Waals surface area contributed by atoms with Crippen molar-refractivity contribution in [2.45, 2.75) is 47.7 Å². The van der Waals surface area contributed by atoms with E-state index in [-0.39, 0.29) is 68.8 Å². The summed E-state index contributed by atoms with van der Waals surface area (Å²) in [6, 6.07) is 35.9. The molecule has 0 amide bonds. The first-order valence-corrected chi connectivity index (χ1v) is 22.6. The maximum absolute atomic E-state index is 13.7. The number of phenolic OH excluding ortho intramolecular Hbond substituents is 10. The SMILES string of the molecule is O=Cc1c(O)c2c3c4c1O[C@H](c1ccc(O)cc1)[C@H]4c1cc(O)cc(O)c1[C@H](c1ccc(O)cc1)[C@@H]3[C@@H](c1ccc(O)cc1)[C@@H]2c1cc(O)cc2c1[C@H](c1cc(O)cc(O)c1)[C@@H](c1ccc(O)cc1)O2. The van der Waals surface area contributed by atoms with Gasteiger partial charge in [0.05, 0.1) is 17.4 Å². The molecule has 0 radical (unpaired) electrons.